The van der Waals surface area contributed by atoms with E-state index in [1.54, 1.807) is 17.1 Å². The fraction of sp³-hybridized carbons (Fsp3) is 0.353. The Bertz CT molecular complexity index is 582. The van der Waals surface area contributed by atoms with Crippen molar-refractivity contribution in [3.05, 3.63) is 42.0 Å². The zero-order valence-electron chi connectivity index (χ0n) is 12.4. The molecule has 0 saturated carbocycles. The molecule has 1 heterocycles. The van der Waals surface area contributed by atoms with Crippen LogP contribution in [0.1, 0.15) is 18.4 Å². The number of rotatable bonds is 4. The minimum absolute atomic E-state index is 0.0280. The van der Waals surface area contributed by atoms with E-state index in [9.17, 15) is 9.59 Å². The van der Waals surface area contributed by atoms with Gasteiger partial charge in [-0.3, -0.25) is 9.59 Å². The molecule has 0 atom stereocenters. The first-order valence-electron chi connectivity index (χ1n) is 7.37. The van der Waals surface area contributed by atoms with Crippen LogP contribution in [0.15, 0.2) is 36.4 Å². The lowest BCUT2D eigenvalue weighted by atomic mass is 9.96. The molecule has 5 heteroatoms. The van der Waals surface area contributed by atoms with Crippen molar-refractivity contribution in [1.82, 2.24) is 10.2 Å². The van der Waals surface area contributed by atoms with Gasteiger partial charge in [-0.25, -0.2) is 0 Å². The van der Waals surface area contributed by atoms with Crippen LogP contribution in [0.2, 0.25) is 0 Å². The maximum Gasteiger partial charge on any atom is 0.246 e. The molecule has 1 aliphatic rings. The van der Waals surface area contributed by atoms with E-state index in [-0.39, 0.29) is 24.3 Å². The molecule has 1 N–H and O–H groups in total. The monoisotopic (exact) mass is 297 g/mol. The number of hydrogen-bond acceptors (Lipinski definition) is 3. The number of carbonyl (C=O) groups is 2. The number of nitrogens with zero attached hydrogens (tertiary/aromatic N) is 2. The topological polar surface area (TPSA) is 73.2 Å². The molecule has 5 nitrogen and oxygen atoms in total. The minimum Gasteiger partial charge on any atom is -0.343 e. The van der Waals surface area contributed by atoms with Gasteiger partial charge in [-0.2, -0.15) is 5.26 Å². The Balaban J connectivity index is 1.81. The van der Waals surface area contributed by atoms with Gasteiger partial charge in [-0.1, -0.05) is 30.3 Å². The van der Waals surface area contributed by atoms with Gasteiger partial charge in [-0.15, -0.1) is 0 Å². The molecular formula is C17H19N3O2. The summed E-state index contributed by atoms with van der Waals surface area (Å²) in [6.07, 6.45) is 4.66. The highest BCUT2D eigenvalue weighted by atomic mass is 16.2. The number of nitriles is 1. The van der Waals surface area contributed by atoms with Crippen LogP contribution in [-0.2, 0) is 9.59 Å². The Morgan fingerprint density at radius 3 is 2.59 bits per heavy atom. The predicted octanol–water partition coefficient (Wildman–Crippen LogP) is 1.58. The second-order valence-corrected chi connectivity index (χ2v) is 5.22. The summed E-state index contributed by atoms with van der Waals surface area (Å²) < 4.78 is 0. The fourth-order valence-electron chi connectivity index (χ4n) is 2.47. The zero-order chi connectivity index (χ0) is 15.8. The van der Waals surface area contributed by atoms with Crippen LogP contribution in [-0.4, -0.2) is 36.3 Å². The fourth-order valence-corrected chi connectivity index (χ4v) is 2.47. The second-order valence-electron chi connectivity index (χ2n) is 5.22. The van der Waals surface area contributed by atoms with Crippen LogP contribution in [0.4, 0.5) is 0 Å². The molecule has 0 aliphatic carbocycles. The van der Waals surface area contributed by atoms with Gasteiger partial charge in [-0.05, 0) is 24.5 Å². The Morgan fingerprint density at radius 1 is 1.27 bits per heavy atom. The van der Waals surface area contributed by atoms with Crippen LogP contribution in [0.5, 0.6) is 0 Å². The smallest absolute Gasteiger partial charge is 0.246 e. The van der Waals surface area contributed by atoms with E-state index in [0.717, 1.165) is 5.56 Å². The van der Waals surface area contributed by atoms with Gasteiger partial charge < -0.3 is 10.2 Å². The molecule has 0 radical (unpaired) electrons. The minimum atomic E-state index is -0.101. The first-order chi connectivity index (χ1) is 10.7. The molecule has 2 amide bonds. The first kappa shape index (κ1) is 15.8. The van der Waals surface area contributed by atoms with Crippen molar-refractivity contribution in [2.45, 2.75) is 12.8 Å². The van der Waals surface area contributed by atoms with Crippen molar-refractivity contribution in [3.8, 4) is 6.07 Å². The first-order valence-corrected chi connectivity index (χ1v) is 7.37. The quantitative estimate of drug-likeness (QED) is 0.677. The van der Waals surface area contributed by atoms with Gasteiger partial charge in [0.25, 0.3) is 0 Å². The lowest BCUT2D eigenvalue weighted by Gasteiger charge is -2.30. The molecule has 2 rings (SSSR count). The van der Waals surface area contributed by atoms with Crippen molar-refractivity contribution >= 4 is 17.9 Å². The largest absolute Gasteiger partial charge is 0.343 e. The summed E-state index contributed by atoms with van der Waals surface area (Å²) in [5, 5.41) is 11.0. The summed E-state index contributed by atoms with van der Waals surface area (Å²) in [6.45, 7) is 1.18. The van der Waals surface area contributed by atoms with E-state index in [1.165, 1.54) is 0 Å². The molecule has 1 saturated heterocycles. The summed E-state index contributed by atoms with van der Waals surface area (Å²) >= 11 is 0. The number of amides is 2. The molecule has 1 aromatic rings. The van der Waals surface area contributed by atoms with Crippen LogP contribution < -0.4 is 5.32 Å². The van der Waals surface area contributed by atoms with Crippen LogP contribution in [0, 0.1) is 17.2 Å². The number of likely N-dealkylation sites (tertiary alicyclic amines) is 1. The van der Waals surface area contributed by atoms with Crippen molar-refractivity contribution < 1.29 is 9.59 Å². The van der Waals surface area contributed by atoms with Crippen molar-refractivity contribution in [2.24, 2.45) is 5.92 Å². The SMILES string of the molecule is N#CCNC(=O)C1CCN(C(=O)C=Cc2ccccc2)CC1. The van der Waals surface area contributed by atoms with E-state index < -0.39 is 0 Å². The standard InChI is InChI=1S/C17H19N3O2/c18-10-11-19-17(22)15-8-12-20(13-9-15)16(21)7-6-14-4-2-1-3-5-14/h1-7,15H,8-9,11-13H2,(H,19,22). The van der Waals surface area contributed by atoms with E-state index in [2.05, 4.69) is 5.32 Å². The second kappa shape index (κ2) is 7.99. The molecule has 0 spiro atoms. The highest BCUT2D eigenvalue weighted by molar-refractivity contribution is 5.92. The van der Waals surface area contributed by atoms with Crippen molar-refractivity contribution in [1.29, 1.82) is 5.26 Å². The average molecular weight is 297 g/mol. The summed E-state index contributed by atoms with van der Waals surface area (Å²) in [5.74, 6) is -0.219. The van der Waals surface area contributed by atoms with Crippen LogP contribution in [0.25, 0.3) is 6.08 Å². The normalized spacial score (nSPS) is 15.5. The third-order valence-corrected chi connectivity index (χ3v) is 3.74. The van der Waals surface area contributed by atoms with Gasteiger partial charge >= 0.3 is 0 Å². The van der Waals surface area contributed by atoms with Gasteiger partial charge in [0.15, 0.2) is 0 Å². The Kier molecular flexibility index (Phi) is 5.73. The number of piperidine rings is 1. The van der Waals surface area contributed by atoms with Crippen molar-refractivity contribution in [2.75, 3.05) is 19.6 Å². The van der Waals surface area contributed by atoms with Gasteiger partial charge in [0.1, 0.15) is 6.54 Å². The van der Waals surface area contributed by atoms with Gasteiger partial charge in [0.2, 0.25) is 11.8 Å². The average Bonchev–Trinajstić information content (AvgIpc) is 2.58. The molecule has 0 aromatic heterocycles. The lowest BCUT2D eigenvalue weighted by molar-refractivity contribution is -0.132. The molecule has 1 aromatic carbocycles. The van der Waals surface area contributed by atoms with E-state index in [1.807, 2.05) is 36.4 Å². The van der Waals surface area contributed by atoms with Gasteiger partial charge in [0.05, 0.1) is 6.07 Å². The highest BCUT2D eigenvalue weighted by Crippen LogP contribution is 2.17. The summed E-state index contributed by atoms with van der Waals surface area (Å²) in [5.41, 5.74) is 0.988. The maximum atomic E-state index is 12.1. The Morgan fingerprint density at radius 2 is 1.95 bits per heavy atom. The highest BCUT2D eigenvalue weighted by Gasteiger charge is 2.26. The van der Waals surface area contributed by atoms with E-state index in [4.69, 9.17) is 5.26 Å². The number of hydrogen-bond donors (Lipinski definition) is 1. The summed E-state index contributed by atoms with van der Waals surface area (Å²) in [6, 6.07) is 11.6. The molecule has 0 unspecified atom stereocenters. The Hall–Kier alpha value is -2.61. The molecule has 0 bridgehead atoms. The maximum absolute atomic E-state index is 12.1. The molecule has 1 aliphatic heterocycles. The van der Waals surface area contributed by atoms with Crippen LogP contribution in [0.3, 0.4) is 0 Å². The molecule has 114 valence electrons. The molecule has 22 heavy (non-hydrogen) atoms. The third kappa shape index (κ3) is 4.45. The molecular weight excluding hydrogens is 278 g/mol. The zero-order valence-corrected chi connectivity index (χ0v) is 12.4. The van der Waals surface area contributed by atoms with E-state index in [0.29, 0.717) is 25.9 Å². The number of benzene rings is 1. The Labute approximate surface area is 130 Å². The van der Waals surface area contributed by atoms with Crippen LogP contribution >= 0.6 is 0 Å². The third-order valence-electron chi connectivity index (χ3n) is 3.74. The number of carbonyl (C=O) groups excluding carboxylic acids is 2. The molecule has 1 fully saturated rings. The predicted molar refractivity (Wildman–Crippen MR) is 83.4 cm³/mol. The number of nitrogens with one attached hydrogen (secondary N) is 1. The van der Waals surface area contributed by atoms with Gasteiger partial charge in [0, 0.05) is 25.1 Å². The lowest BCUT2D eigenvalue weighted by Crippen LogP contribution is -2.42. The van der Waals surface area contributed by atoms with E-state index >= 15 is 0 Å². The summed E-state index contributed by atoms with van der Waals surface area (Å²) in [4.78, 5) is 25.6. The summed E-state index contributed by atoms with van der Waals surface area (Å²) in [7, 11) is 0. The van der Waals surface area contributed by atoms with Crippen molar-refractivity contribution in [3.63, 3.8) is 0 Å².